The molecule has 4 nitrogen and oxygen atoms in total. The third-order valence-corrected chi connectivity index (χ3v) is 4.32. The number of carbonyl (C=O) groups excluding carboxylic acids is 1. The molecule has 2 saturated heterocycles. The number of amides is 1. The van der Waals surface area contributed by atoms with Gasteiger partial charge in [0, 0.05) is 30.1 Å². The summed E-state index contributed by atoms with van der Waals surface area (Å²) < 4.78 is 0. The fourth-order valence-electron chi connectivity index (χ4n) is 3.93. The Hall–Kier alpha value is -0.610. The molecule has 4 N–H and O–H groups in total. The van der Waals surface area contributed by atoms with Crippen LogP contribution in [0, 0.1) is 0 Å². The zero-order valence-corrected chi connectivity index (χ0v) is 11.0. The van der Waals surface area contributed by atoms with E-state index in [1.807, 2.05) is 0 Å². The molecule has 2 fully saturated rings. The molecule has 1 amide bonds. The first-order valence-electron chi connectivity index (χ1n) is 6.72. The second kappa shape index (κ2) is 4.58. The highest BCUT2D eigenvalue weighted by Crippen LogP contribution is 2.39. The fourth-order valence-corrected chi connectivity index (χ4v) is 3.93. The van der Waals surface area contributed by atoms with Gasteiger partial charge in [0.25, 0.3) is 0 Å². The van der Waals surface area contributed by atoms with Gasteiger partial charge in [-0.05, 0) is 39.5 Å². The summed E-state index contributed by atoms with van der Waals surface area (Å²) in [6.45, 7) is 4.28. The van der Waals surface area contributed by atoms with Crippen LogP contribution >= 0.6 is 0 Å². The van der Waals surface area contributed by atoms with E-state index in [2.05, 4.69) is 18.7 Å². The van der Waals surface area contributed by atoms with Gasteiger partial charge in [-0.2, -0.15) is 0 Å². The monoisotopic (exact) mass is 239 g/mol. The van der Waals surface area contributed by atoms with Crippen LogP contribution in [0.25, 0.3) is 0 Å². The number of carbonyl (C=O) groups is 1. The van der Waals surface area contributed by atoms with Gasteiger partial charge in [0.15, 0.2) is 0 Å². The average Bonchev–Trinajstić information content (AvgIpc) is 2.13. The number of hydrogen-bond acceptors (Lipinski definition) is 3. The summed E-state index contributed by atoms with van der Waals surface area (Å²) in [6, 6.07) is 1.43. The first-order chi connectivity index (χ1) is 7.90. The molecule has 2 atom stereocenters. The van der Waals surface area contributed by atoms with Crippen molar-refractivity contribution in [3.8, 4) is 0 Å². The number of hydrogen-bond donors (Lipinski definition) is 2. The van der Waals surface area contributed by atoms with Crippen LogP contribution in [0.15, 0.2) is 0 Å². The summed E-state index contributed by atoms with van der Waals surface area (Å²) in [5.41, 5.74) is 11.4. The summed E-state index contributed by atoms with van der Waals surface area (Å²) in [7, 11) is 0. The largest absolute Gasteiger partial charge is 0.370 e. The molecular weight excluding hydrogens is 214 g/mol. The molecular formula is C13H25N3O. The normalized spacial score (nSPS) is 34.6. The maximum absolute atomic E-state index is 11.2. The summed E-state index contributed by atoms with van der Waals surface area (Å²) >= 11 is 0. The molecule has 2 rings (SSSR count). The number of rotatable bonds is 3. The van der Waals surface area contributed by atoms with Gasteiger partial charge in [-0.25, -0.2) is 0 Å². The van der Waals surface area contributed by atoms with E-state index >= 15 is 0 Å². The van der Waals surface area contributed by atoms with Gasteiger partial charge in [-0.15, -0.1) is 0 Å². The van der Waals surface area contributed by atoms with E-state index in [1.165, 1.54) is 19.3 Å². The Bertz CT molecular complexity index is 289. The molecule has 0 aromatic rings. The minimum absolute atomic E-state index is 0.123. The SMILES string of the molecule is CC(C)(CC(N)=O)N1C2CCCC1CC(N)C2. The molecule has 4 heteroatoms. The van der Waals surface area contributed by atoms with Gasteiger partial charge in [0.2, 0.25) is 5.91 Å². The van der Waals surface area contributed by atoms with Crippen molar-refractivity contribution in [2.24, 2.45) is 11.5 Å². The minimum Gasteiger partial charge on any atom is -0.370 e. The van der Waals surface area contributed by atoms with Gasteiger partial charge in [-0.3, -0.25) is 9.69 Å². The van der Waals surface area contributed by atoms with Crippen LogP contribution in [0.4, 0.5) is 0 Å². The number of fused-ring (bicyclic) bond motifs is 2. The highest BCUT2D eigenvalue weighted by Gasteiger charge is 2.44. The topological polar surface area (TPSA) is 72.4 Å². The van der Waals surface area contributed by atoms with Crippen molar-refractivity contribution in [2.75, 3.05) is 0 Å². The van der Waals surface area contributed by atoms with Crippen molar-refractivity contribution in [2.45, 2.75) is 76.0 Å². The first-order valence-corrected chi connectivity index (χ1v) is 6.72. The van der Waals surface area contributed by atoms with E-state index in [-0.39, 0.29) is 11.4 Å². The van der Waals surface area contributed by atoms with E-state index in [0.29, 0.717) is 24.5 Å². The molecule has 0 saturated carbocycles. The molecule has 0 spiro atoms. The molecule has 0 aromatic carbocycles. The quantitative estimate of drug-likeness (QED) is 0.771. The summed E-state index contributed by atoms with van der Waals surface area (Å²) in [5.74, 6) is -0.206. The molecule has 2 unspecified atom stereocenters. The van der Waals surface area contributed by atoms with Gasteiger partial charge >= 0.3 is 0 Å². The van der Waals surface area contributed by atoms with Crippen LogP contribution in [-0.4, -0.2) is 34.5 Å². The standard InChI is InChI=1S/C13H25N3O/c1-13(2,8-12(15)17)16-10-4-3-5-11(16)7-9(14)6-10/h9-11H,3-8,14H2,1-2H3,(H2,15,17). The van der Waals surface area contributed by atoms with E-state index in [0.717, 1.165) is 12.8 Å². The van der Waals surface area contributed by atoms with Crippen molar-refractivity contribution < 1.29 is 4.79 Å². The van der Waals surface area contributed by atoms with Gasteiger partial charge < -0.3 is 11.5 Å². The van der Waals surface area contributed by atoms with Gasteiger partial charge in [-0.1, -0.05) is 6.42 Å². The van der Waals surface area contributed by atoms with Crippen molar-refractivity contribution in [1.29, 1.82) is 0 Å². The lowest BCUT2D eigenvalue weighted by molar-refractivity contribution is -0.123. The van der Waals surface area contributed by atoms with Crippen molar-refractivity contribution in [3.63, 3.8) is 0 Å². The molecule has 0 aromatic heterocycles. The lowest BCUT2D eigenvalue weighted by Crippen LogP contribution is -2.63. The number of nitrogens with two attached hydrogens (primary N) is 2. The lowest BCUT2D eigenvalue weighted by Gasteiger charge is -2.55. The van der Waals surface area contributed by atoms with Crippen LogP contribution in [0.2, 0.25) is 0 Å². The van der Waals surface area contributed by atoms with Gasteiger partial charge in [0.05, 0.1) is 0 Å². The van der Waals surface area contributed by atoms with Crippen LogP contribution < -0.4 is 11.5 Å². The Morgan fingerprint density at radius 3 is 2.29 bits per heavy atom. The highest BCUT2D eigenvalue weighted by molar-refractivity contribution is 5.75. The highest BCUT2D eigenvalue weighted by atomic mass is 16.1. The molecule has 17 heavy (non-hydrogen) atoms. The predicted octanol–water partition coefficient (Wildman–Crippen LogP) is 0.985. The minimum atomic E-state index is -0.206. The fraction of sp³-hybridized carbons (Fsp3) is 0.923. The van der Waals surface area contributed by atoms with Crippen molar-refractivity contribution in [3.05, 3.63) is 0 Å². The maximum Gasteiger partial charge on any atom is 0.219 e. The smallest absolute Gasteiger partial charge is 0.219 e. The Balaban J connectivity index is 2.16. The Morgan fingerprint density at radius 1 is 1.29 bits per heavy atom. The summed E-state index contributed by atoms with van der Waals surface area (Å²) in [4.78, 5) is 13.7. The van der Waals surface area contributed by atoms with Crippen LogP contribution in [0.1, 0.15) is 52.4 Å². The second-order valence-corrected chi connectivity index (χ2v) is 6.33. The Labute approximate surface area is 104 Å². The van der Waals surface area contributed by atoms with Crippen molar-refractivity contribution >= 4 is 5.91 Å². The maximum atomic E-state index is 11.2. The van der Waals surface area contributed by atoms with Crippen LogP contribution in [0.5, 0.6) is 0 Å². The first kappa shape index (κ1) is 12.8. The number of piperidine rings is 2. The third-order valence-electron chi connectivity index (χ3n) is 4.32. The molecule has 2 aliphatic heterocycles. The average molecular weight is 239 g/mol. The third kappa shape index (κ3) is 2.63. The predicted molar refractivity (Wildman–Crippen MR) is 68.4 cm³/mol. The Morgan fingerprint density at radius 2 is 1.82 bits per heavy atom. The molecule has 2 aliphatic rings. The van der Waals surface area contributed by atoms with Crippen LogP contribution in [-0.2, 0) is 4.79 Å². The molecule has 2 bridgehead atoms. The molecule has 98 valence electrons. The van der Waals surface area contributed by atoms with Crippen molar-refractivity contribution in [1.82, 2.24) is 4.90 Å². The van der Waals surface area contributed by atoms with E-state index in [9.17, 15) is 4.79 Å². The van der Waals surface area contributed by atoms with E-state index in [1.54, 1.807) is 0 Å². The summed E-state index contributed by atoms with van der Waals surface area (Å²) in [6.07, 6.45) is 6.30. The van der Waals surface area contributed by atoms with Crippen LogP contribution in [0.3, 0.4) is 0 Å². The van der Waals surface area contributed by atoms with E-state index in [4.69, 9.17) is 11.5 Å². The van der Waals surface area contributed by atoms with E-state index < -0.39 is 0 Å². The molecule has 2 heterocycles. The molecule has 0 aliphatic carbocycles. The molecule has 0 radical (unpaired) electrons. The summed E-state index contributed by atoms with van der Waals surface area (Å²) in [5, 5.41) is 0. The second-order valence-electron chi connectivity index (χ2n) is 6.33. The zero-order valence-electron chi connectivity index (χ0n) is 11.0. The lowest BCUT2D eigenvalue weighted by atomic mass is 9.78. The van der Waals surface area contributed by atoms with Gasteiger partial charge in [0.1, 0.15) is 0 Å². The Kier molecular flexibility index (Phi) is 3.46. The zero-order chi connectivity index (χ0) is 12.6. The number of primary amides is 1. The number of nitrogens with zero attached hydrogens (tertiary/aromatic N) is 1.